The number of hydrogen-bond acceptors (Lipinski definition) is 4. The Kier molecular flexibility index (Phi) is 5.34. The number of hydrogen-bond donors (Lipinski definition) is 3. The number of amides is 1. The quantitative estimate of drug-likeness (QED) is 0.330. The first-order chi connectivity index (χ1) is 10.2. The number of nitrogens with one attached hydrogen (secondary N) is 1. The summed E-state index contributed by atoms with van der Waals surface area (Å²) in [4.78, 5) is 13.5. The van der Waals surface area contributed by atoms with Gasteiger partial charge in [-0.25, -0.2) is 0 Å². The lowest BCUT2D eigenvalue weighted by atomic mass is 9.97. The topological polar surface area (TPSA) is 87.7 Å². The van der Waals surface area contributed by atoms with Gasteiger partial charge in [0.1, 0.15) is 5.92 Å². The van der Waals surface area contributed by atoms with Crippen LogP contribution in [-0.2, 0) is 11.2 Å². The fourth-order valence-electron chi connectivity index (χ4n) is 2.03. The van der Waals surface area contributed by atoms with Gasteiger partial charge in [0, 0.05) is 11.4 Å². The summed E-state index contributed by atoms with van der Waals surface area (Å²) in [5.41, 5.74) is 6.35. The molecule has 1 amide bonds. The van der Waals surface area contributed by atoms with Crippen LogP contribution in [0.25, 0.3) is 0 Å². The van der Waals surface area contributed by atoms with Crippen LogP contribution < -0.4 is 11.1 Å². The molecule has 0 aliphatic carbocycles. The van der Waals surface area contributed by atoms with Crippen molar-refractivity contribution in [3.8, 4) is 0 Å². The molecule has 1 unspecified atom stereocenters. The van der Waals surface area contributed by atoms with E-state index in [0.717, 1.165) is 6.42 Å². The number of rotatable bonds is 6. The van der Waals surface area contributed by atoms with Crippen molar-refractivity contribution >= 4 is 23.1 Å². The van der Waals surface area contributed by atoms with Crippen molar-refractivity contribution in [3.05, 3.63) is 58.3 Å². The van der Waals surface area contributed by atoms with Crippen molar-refractivity contribution in [1.29, 1.82) is 0 Å². The number of nitrogens with two attached hydrogens (primary N) is 1. The first-order valence-corrected chi connectivity index (χ1v) is 7.43. The Morgan fingerprint density at radius 1 is 1.29 bits per heavy atom. The second-order valence-electron chi connectivity index (χ2n) is 4.49. The molecule has 110 valence electrons. The van der Waals surface area contributed by atoms with Crippen LogP contribution in [-0.4, -0.2) is 23.5 Å². The maximum absolute atomic E-state index is 12.3. The second-order valence-corrected chi connectivity index (χ2v) is 5.52. The molecule has 0 saturated heterocycles. The molecule has 1 heterocycles. The van der Waals surface area contributed by atoms with Crippen LogP contribution in [0.4, 0.5) is 0 Å². The third-order valence-electron chi connectivity index (χ3n) is 3.06. The molecule has 6 heteroatoms. The highest BCUT2D eigenvalue weighted by Crippen LogP contribution is 2.16. The van der Waals surface area contributed by atoms with E-state index in [1.54, 1.807) is 23.5 Å². The average molecular weight is 303 g/mol. The molecule has 0 aliphatic heterocycles. The van der Waals surface area contributed by atoms with E-state index in [-0.39, 0.29) is 11.7 Å². The third-order valence-corrected chi connectivity index (χ3v) is 3.99. The lowest BCUT2D eigenvalue weighted by Crippen LogP contribution is -2.38. The molecule has 0 saturated carbocycles. The van der Waals surface area contributed by atoms with Gasteiger partial charge < -0.3 is 16.3 Å². The molecule has 2 rings (SSSR count). The number of oxime groups is 1. The second kappa shape index (κ2) is 7.44. The van der Waals surface area contributed by atoms with Gasteiger partial charge in [0.05, 0.1) is 0 Å². The third kappa shape index (κ3) is 4.06. The summed E-state index contributed by atoms with van der Waals surface area (Å²) in [7, 11) is 0. The lowest BCUT2D eigenvalue weighted by molar-refractivity contribution is -0.121. The van der Waals surface area contributed by atoms with Crippen molar-refractivity contribution in [2.24, 2.45) is 10.9 Å². The number of carbonyl (C=O) groups excluding carboxylic acids is 1. The molecule has 5 nitrogen and oxygen atoms in total. The molecule has 4 N–H and O–H groups in total. The smallest absolute Gasteiger partial charge is 0.235 e. The molecule has 21 heavy (non-hydrogen) atoms. The average Bonchev–Trinajstić information content (AvgIpc) is 3.01. The summed E-state index contributed by atoms with van der Waals surface area (Å²) in [5, 5.41) is 16.7. The monoisotopic (exact) mass is 303 g/mol. The van der Waals surface area contributed by atoms with Crippen LogP contribution in [0.15, 0.2) is 53.0 Å². The van der Waals surface area contributed by atoms with Gasteiger partial charge >= 0.3 is 0 Å². The highest BCUT2D eigenvalue weighted by Gasteiger charge is 2.24. The zero-order valence-electron chi connectivity index (χ0n) is 11.4. The van der Waals surface area contributed by atoms with Crippen LogP contribution in [0.1, 0.15) is 16.4 Å². The first kappa shape index (κ1) is 15.1. The maximum Gasteiger partial charge on any atom is 0.235 e. The van der Waals surface area contributed by atoms with Crippen LogP contribution in [0, 0.1) is 0 Å². The van der Waals surface area contributed by atoms with E-state index in [0.29, 0.717) is 12.1 Å². The van der Waals surface area contributed by atoms with E-state index < -0.39 is 5.92 Å². The summed E-state index contributed by atoms with van der Waals surface area (Å²) in [6, 6.07) is 13.0. The number of nitrogens with zero attached hydrogens (tertiary/aromatic N) is 1. The standard InChI is InChI=1S/C15H17N3O2S/c16-14(18-20)13(11-5-2-1-3-6-11)15(19)17-9-8-12-7-4-10-21-12/h1-7,10,13,20H,8-9H2,(H2,16,18)(H,17,19). The summed E-state index contributed by atoms with van der Waals surface area (Å²) in [6.07, 6.45) is 0.765. The highest BCUT2D eigenvalue weighted by molar-refractivity contribution is 7.09. The summed E-state index contributed by atoms with van der Waals surface area (Å²) < 4.78 is 0. The van der Waals surface area contributed by atoms with E-state index in [4.69, 9.17) is 10.9 Å². The van der Waals surface area contributed by atoms with Gasteiger partial charge in [-0.3, -0.25) is 4.79 Å². The predicted molar refractivity (Wildman–Crippen MR) is 83.6 cm³/mol. The van der Waals surface area contributed by atoms with Gasteiger partial charge in [-0.05, 0) is 23.4 Å². The van der Waals surface area contributed by atoms with Gasteiger partial charge in [0.25, 0.3) is 0 Å². The summed E-state index contributed by atoms with van der Waals surface area (Å²) in [6.45, 7) is 0.515. The van der Waals surface area contributed by atoms with Gasteiger partial charge in [-0.15, -0.1) is 11.3 Å². The Morgan fingerprint density at radius 3 is 2.67 bits per heavy atom. The molecule has 0 aliphatic rings. The predicted octanol–water partition coefficient (Wildman–Crippen LogP) is 1.94. The van der Waals surface area contributed by atoms with Crippen molar-refractivity contribution in [2.45, 2.75) is 12.3 Å². The van der Waals surface area contributed by atoms with Crippen LogP contribution >= 0.6 is 11.3 Å². The van der Waals surface area contributed by atoms with Crippen molar-refractivity contribution in [3.63, 3.8) is 0 Å². The molecule has 1 atom stereocenters. The Hall–Kier alpha value is -2.34. The van der Waals surface area contributed by atoms with Gasteiger partial charge in [-0.1, -0.05) is 41.6 Å². The van der Waals surface area contributed by atoms with Gasteiger partial charge in [0.15, 0.2) is 5.84 Å². The zero-order valence-corrected chi connectivity index (χ0v) is 12.2. The molecule has 1 aromatic carbocycles. The van der Waals surface area contributed by atoms with Crippen molar-refractivity contribution in [1.82, 2.24) is 5.32 Å². The van der Waals surface area contributed by atoms with Crippen molar-refractivity contribution in [2.75, 3.05) is 6.54 Å². The minimum Gasteiger partial charge on any atom is -0.409 e. The Labute approximate surface area is 127 Å². The Balaban J connectivity index is 2.01. The molecule has 0 spiro atoms. The first-order valence-electron chi connectivity index (χ1n) is 6.55. The normalized spacial score (nSPS) is 12.9. The van der Waals surface area contributed by atoms with Gasteiger partial charge in [0.2, 0.25) is 5.91 Å². The Bertz CT molecular complexity index is 597. The summed E-state index contributed by atoms with van der Waals surface area (Å²) >= 11 is 1.65. The van der Waals surface area contributed by atoms with E-state index in [1.165, 1.54) is 4.88 Å². The lowest BCUT2D eigenvalue weighted by Gasteiger charge is -2.15. The summed E-state index contributed by atoms with van der Waals surface area (Å²) in [5.74, 6) is -1.16. The number of thiophene rings is 1. The largest absolute Gasteiger partial charge is 0.409 e. The molecule has 0 radical (unpaired) electrons. The molecular weight excluding hydrogens is 286 g/mol. The fourth-order valence-corrected chi connectivity index (χ4v) is 2.73. The molecule has 0 fully saturated rings. The minimum atomic E-state index is -0.778. The number of carbonyl (C=O) groups is 1. The van der Waals surface area contributed by atoms with E-state index in [9.17, 15) is 4.79 Å². The van der Waals surface area contributed by atoms with E-state index in [1.807, 2.05) is 35.7 Å². The van der Waals surface area contributed by atoms with E-state index >= 15 is 0 Å². The molecule has 1 aromatic heterocycles. The minimum absolute atomic E-state index is 0.116. The maximum atomic E-state index is 12.3. The number of benzene rings is 1. The zero-order chi connectivity index (χ0) is 15.1. The SMILES string of the molecule is NC(=NO)C(C(=O)NCCc1cccs1)c1ccccc1. The molecule has 0 bridgehead atoms. The van der Waals surface area contributed by atoms with E-state index in [2.05, 4.69) is 10.5 Å². The van der Waals surface area contributed by atoms with Crippen LogP contribution in [0.2, 0.25) is 0 Å². The van der Waals surface area contributed by atoms with Crippen molar-refractivity contribution < 1.29 is 10.0 Å². The number of amidine groups is 1. The Morgan fingerprint density at radius 2 is 2.05 bits per heavy atom. The van der Waals surface area contributed by atoms with Crippen LogP contribution in [0.5, 0.6) is 0 Å². The highest BCUT2D eigenvalue weighted by atomic mass is 32.1. The fraction of sp³-hybridized carbons (Fsp3) is 0.200. The molecule has 2 aromatic rings. The van der Waals surface area contributed by atoms with Gasteiger partial charge in [-0.2, -0.15) is 0 Å². The molecular formula is C15H17N3O2S. The van der Waals surface area contributed by atoms with Crippen LogP contribution in [0.3, 0.4) is 0 Å².